The zero-order valence-electron chi connectivity index (χ0n) is 4.69. The number of hydrogen-bond acceptors (Lipinski definition) is 0. The van der Waals surface area contributed by atoms with E-state index in [1.807, 2.05) is 0 Å². The zero-order valence-corrected chi connectivity index (χ0v) is 8.57. The average Bonchev–Trinajstić information content (AvgIpc) is 1.69. The van der Waals surface area contributed by atoms with Gasteiger partial charge in [-0.15, -0.1) is 11.6 Å². The molecule has 1 aromatic carbocycles. The van der Waals surface area contributed by atoms with E-state index in [4.69, 9.17) is 11.6 Å². The molecule has 0 bridgehead atoms. The first-order valence-corrected chi connectivity index (χ1v) is 2.39. The Morgan fingerprint density at radius 1 is 1.25 bits per heavy atom. The topological polar surface area (TPSA) is 0 Å². The van der Waals surface area contributed by atoms with Crippen LogP contribution in [0.15, 0.2) is 24.3 Å². The van der Waals surface area contributed by atoms with Gasteiger partial charge in [-0.05, 0) is 0 Å². The summed E-state index contributed by atoms with van der Waals surface area (Å²) in [5.41, 5.74) is 0. The summed E-state index contributed by atoms with van der Waals surface area (Å²) in [6.07, 6.45) is 0. The molecule has 36 valence electrons. The van der Waals surface area contributed by atoms with E-state index >= 15 is 0 Å². The minimum absolute atomic E-state index is 0. The van der Waals surface area contributed by atoms with Crippen molar-refractivity contribution in [3.05, 3.63) is 35.4 Å². The molecule has 0 saturated carbocycles. The summed E-state index contributed by atoms with van der Waals surface area (Å²) in [7, 11) is 0. The molecule has 2 heteroatoms. The molecule has 0 nitrogen and oxygen atoms in total. The largest absolute Gasteiger partial charge is 1.00 e. The third-order valence-corrected chi connectivity index (χ3v) is 0.930. The van der Waals surface area contributed by atoms with Crippen molar-refractivity contribution >= 4 is 11.6 Å². The third kappa shape index (κ3) is 3.23. The minimum Gasteiger partial charge on any atom is -0.184 e. The molecule has 0 saturated heterocycles. The summed E-state index contributed by atoms with van der Waals surface area (Å²) in [4.78, 5) is 0. The van der Waals surface area contributed by atoms with E-state index in [0.717, 1.165) is 5.02 Å². The van der Waals surface area contributed by atoms with Crippen LogP contribution in [0.2, 0.25) is 5.02 Å². The molecule has 0 unspecified atom stereocenters. The summed E-state index contributed by atoms with van der Waals surface area (Å²) < 4.78 is 0. The molecule has 0 aromatic heterocycles. The monoisotopic (exact) mass is 150 g/mol. The summed E-state index contributed by atoms with van der Waals surface area (Å²) in [6, 6.07) is 10.00. The van der Waals surface area contributed by atoms with Crippen LogP contribution >= 0.6 is 11.6 Å². The fourth-order valence-electron chi connectivity index (χ4n) is 0.367. The molecule has 0 atom stereocenters. The van der Waals surface area contributed by atoms with Crippen molar-refractivity contribution in [3.8, 4) is 0 Å². The van der Waals surface area contributed by atoms with Gasteiger partial charge in [-0.1, -0.05) is 5.02 Å². The second-order valence-corrected chi connectivity index (χ2v) is 1.65. The van der Waals surface area contributed by atoms with Crippen LogP contribution in [-0.2, 0) is 0 Å². The maximum absolute atomic E-state index is 5.52. The van der Waals surface area contributed by atoms with Crippen LogP contribution in [0.25, 0.3) is 0 Å². The Hall–Kier alpha value is 1.15. The fourth-order valence-corrected chi connectivity index (χ4v) is 0.493. The molecule has 0 aliphatic rings. The van der Waals surface area contributed by atoms with Gasteiger partial charge in [0.05, 0.1) is 0 Å². The average molecular weight is 151 g/mol. The van der Waals surface area contributed by atoms with E-state index in [-0.39, 0.29) is 51.4 Å². The summed E-state index contributed by atoms with van der Waals surface area (Å²) >= 11 is 5.52. The van der Waals surface area contributed by atoms with Crippen LogP contribution in [-0.4, -0.2) is 0 Å². The van der Waals surface area contributed by atoms with Crippen LogP contribution in [0, 0.1) is 6.07 Å². The Morgan fingerprint density at radius 3 is 2.00 bits per heavy atom. The van der Waals surface area contributed by atoms with Crippen molar-refractivity contribution in [2.24, 2.45) is 0 Å². The second-order valence-electron chi connectivity index (χ2n) is 1.22. The van der Waals surface area contributed by atoms with Gasteiger partial charge >= 0.3 is 51.4 Å². The first-order chi connectivity index (χ1) is 3.39. The number of benzene rings is 1. The SMILES string of the molecule is Clc1cc[c-]cc1.[K+]. The van der Waals surface area contributed by atoms with Crippen LogP contribution in [0.4, 0.5) is 0 Å². The predicted octanol–water partition coefficient (Wildman–Crippen LogP) is -0.856. The number of rotatable bonds is 0. The number of halogens is 1. The van der Waals surface area contributed by atoms with Crippen LogP contribution in [0.3, 0.4) is 0 Å². The van der Waals surface area contributed by atoms with Crippen LogP contribution in [0.1, 0.15) is 0 Å². The normalized spacial score (nSPS) is 7.62. The van der Waals surface area contributed by atoms with E-state index in [2.05, 4.69) is 6.07 Å². The van der Waals surface area contributed by atoms with E-state index in [0.29, 0.717) is 0 Å². The molecule has 1 rings (SSSR count). The van der Waals surface area contributed by atoms with E-state index in [9.17, 15) is 0 Å². The zero-order chi connectivity index (χ0) is 5.11. The first-order valence-electron chi connectivity index (χ1n) is 2.01. The molecule has 0 aliphatic heterocycles. The van der Waals surface area contributed by atoms with Gasteiger partial charge in [0.25, 0.3) is 0 Å². The molecule has 0 heterocycles. The summed E-state index contributed by atoms with van der Waals surface area (Å²) in [5, 5.41) is 0.763. The van der Waals surface area contributed by atoms with E-state index in [1.165, 1.54) is 0 Å². The number of hydrogen-bond donors (Lipinski definition) is 0. The Bertz CT molecular complexity index is 138. The Morgan fingerprint density at radius 2 is 1.75 bits per heavy atom. The van der Waals surface area contributed by atoms with Crippen molar-refractivity contribution in [1.82, 2.24) is 0 Å². The van der Waals surface area contributed by atoms with Gasteiger partial charge in [-0.25, -0.2) is 0 Å². The molecular weight excluding hydrogens is 147 g/mol. The standard InChI is InChI=1S/C6H4Cl.K/c7-6-4-2-1-3-5-6;/h2-5H;/q-1;+1. The molecule has 0 radical (unpaired) electrons. The fraction of sp³-hybridized carbons (Fsp3) is 0. The van der Waals surface area contributed by atoms with Gasteiger partial charge in [0, 0.05) is 0 Å². The van der Waals surface area contributed by atoms with Gasteiger partial charge in [0.15, 0.2) is 0 Å². The molecule has 0 fully saturated rings. The molecule has 0 N–H and O–H groups in total. The minimum atomic E-state index is 0. The Kier molecular flexibility index (Phi) is 5.69. The molecule has 0 amide bonds. The Labute approximate surface area is 96.7 Å². The van der Waals surface area contributed by atoms with E-state index < -0.39 is 0 Å². The van der Waals surface area contributed by atoms with Gasteiger partial charge in [-0.2, -0.15) is 30.3 Å². The smallest absolute Gasteiger partial charge is 0.184 e. The summed E-state index contributed by atoms with van der Waals surface area (Å²) in [5.74, 6) is 0. The summed E-state index contributed by atoms with van der Waals surface area (Å²) in [6.45, 7) is 0. The predicted molar refractivity (Wildman–Crippen MR) is 30.3 cm³/mol. The van der Waals surface area contributed by atoms with Gasteiger partial charge in [-0.3, -0.25) is 0 Å². The van der Waals surface area contributed by atoms with Crippen LogP contribution in [0.5, 0.6) is 0 Å². The quantitative estimate of drug-likeness (QED) is 0.334. The van der Waals surface area contributed by atoms with Crippen molar-refractivity contribution < 1.29 is 51.4 Å². The van der Waals surface area contributed by atoms with Gasteiger partial charge in [0.1, 0.15) is 0 Å². The molecular formula is C6H4ClK. The van der Waals surface area contributed by atoms with Crippen molar-refractivity contribution in [3.63, 3.8) is 0 Å². The van der Waals surface area contributed by atoms with Crippen molar-refractivity contribution in [2.45, 2.75) is 0 Å². The van der Waals surface area contributed by atoms with Crippen molar-refractivity contribution in [2.75, 3.05) is 0 Å². The maximum Gasteiger partial charge on any atom is 1.00 e. The molecule has 1 aromatic rings. The first kappa shape index (κ1) is 9.15. The Balaban J connectivity index is 0.000000490. The molecule has 8 heavy (non-hydrogen) atoms. The van der Waals surface area contributed by atoms with E-state index in [1.54, 1.807) is 24.3 Å². The second kappa shape index (κ2) is 4.97. The van der Waals surface area contributed by atoms with Gasteiger partial charge in [0.2, 0.25) is 0 Å². The third-order valence-electron chi connectivity index (χ3n) is 0.678. The maximum atomic E-state index is 5.52. The van der Waals surface area contributed by atoms with Crippen LogP contribution < -0.4 is 51.4 Å². The van der Waals surface area contributed by atoms with Crippen molar-refractivity contribution in [1.29, 1.82) is 0 Å². The molecule has 0 spiro atoms. The van der Waals surface area contributed by atoms with Gasteiger partial charge < -0.3 is 0 Å². The molecule has 0 aliphatic carbocycles.